The van der Waals surface area contributed by atoms with Crippen molar-refractivity contribution in [3.63, 3.8) is 0 Å². The van der Waals surface area contributed by atoms with Gasteiger partial charge < -0.3 is 15.4 Å². The van der Waals surface area contributed by atoms with Gasteiger partial charge in [-0.1, -0.05) is 17.7 Å². The van der Waals surface area contributed by atoms with Gasteiger partial charge in [0.25, 0.3) is 15.9 Å². The Morgan fingerprint density at radius 1 is 1.20 bits per heavy atom. The topological polar surface area (TPSA) is 140 Å². The maximum absolute atomic E-state index is 13.3. The van der Waals surface area contributed by atoms with Gasteiger partial charge in [0.05, 0.1) is 17.6 Å². The lowest BCUT2D eigenvalue weighted by atomic mass is 9.94. The van der Waals surface area contributed by atoms with Crippen LogP contribution in [-0.4, -0.2) is 65.5 Å². The van der Waals surface area contributed by atoms with E-state index in [1.165, 1.54) is 41.2 Å². The molecule has 1 saturated heterocycles. The smallest absolute Gasteiger partial charge is 0.394 e. The number of nitrogens with one attached hydrogen (secondary N) is 3. The minimum absolute atomic E-state index is 0.00728. The minimum Gasteiger partial charge on any atom is -0.477 e. The van der Waals surface area contributed by atoms with Gasteiger partial charge in [0.15, 0.2) is 10.8 Å². The van der Waals surface area contributed by atoms with Crippen LogP contribution in [0.4, 0.5) is 19.0 Å². The van der Waals surface area contributed by atoms with Crippen LogP contribution in [0.15, 0.2) is 47.6 Å². The first kappa shape index (κ1) is 31.2. The first-order valence-electron chi connectivity index (χ1n) is 15.9. The molecule has 46 heavy (non-hydrogen) atoms. The molecule has 1 aliphatic heterocycles. The standard InChI is InChI=1S/C30H37ClF3N7O4S/c1-28(2)18-20(19-36-28)6-4-15-35-22-7-3-8-25(37-22)46(43,44)40-27(42)21-9-10-23(38-26(21)31)41-16-11-24(39-41)45-17-5-12-29(13-14-29)30(32,33)34/h3,7-11,16,20,36H,4-6,12-15,17-19H2,1-2H3,(H,35,37)(H,40,42)/i12D2. The Bertz CT molecular complexity index is 1750. The third-order valence-corrected chi connectivity index (χ3v) is 9.50. The van der Waals surface area contributed by atoms with Crippen LogP contribution in [0.2, 0.25) is 5.15 Å². The van der Waals surface area contributed by atoms with E-state index in [0.717, 1.165) is 25.8 Å². The highest BCUT2D eigenvalue weighted by atomic mass is 35.5. The Kier molecular flexibility index (Phi) is 9.06. The van der Waals surface area contributed by atoms with Gasteiger partial charge in [-0.15, -0.1) is 5.10 Å². The van der Waals surface area contributed by atoms with Gasteiger partial charge in [-0.3, -0.25) is 4.79 Å². The third-order valence-electron chi connectivity index (χ3n) is 7.98. The van der Waals surface area contributed by atoms with Gasteiger partial charge in [0, 0.05) is 27.1 Å². The number of carbonyl (C=O) groups excluding carboxylic acids is 1. The van der Waals surface area contributed by atoms with Crippen molar-refractivity contribution in [3.05, 3.63) is 53.3 Å². The van der Waals surface area contributed by atoms with Crippen molar-refractivity contribution in [2.24, 2.45) is 11.3 Å². The number of anilines is 1. The lowest BCUT2D eigenvalue weighted by Gasteiger charge is -2.18. The van der Waals surface area contributed by atoms with Gasteiger partial charge in [-0.25, -0.2) is 19.4 Å². The normalized spacial score (nSPS) is 19.7. The number of halogens is 4. The molecule has 5 rings (SSSR count). The lowest BCUT2D eigenvalue weighted by Crippen LogP contribution is -2.31. The fraction of sp³-hybridized carbons (Fsp3) is 0.533. The predicted molar refractivity (Wildman–Crippen MR) is 166 cm³/mol. The molecule has 3 N–H and O–H groups in total. The number of sulfonamides is 1. The highest BCUT2D eigenvalue weighted by molar-refractivity contribution is 7.90. The summed E-state index contributed by atoms with van der Waals surface area (Å²) in [5.41, 5.74) is -2.43. The highest BCUT2D eigenvalue weighted by Gasteiger charge is 2.62. The van der Waals surface area contributed by atoms with Crippen LogP contribution in [0.3, 0.4) is 0 Å². The highest BCUT2D eigenvalue weighted by Crippen LogP contribution is 2.60. The molecule has 0 bridgehead atoms. The third kappa shape index (κ3) is 8.28. The SMILES string of the molecule is [2H]C([2H])(CCOc1ccn(-c2ccc(C(=O)NS(=O)(=O)c3cccc(NCCCC4CNC(C)(C)C4)n3)c(Cl)n2)n1)C1(C(F)(F)F)CC1. The molecule has 1 amide bonds. The van der Waals surface area contributed by atoms with Crippen LogP contribution in [0.1, 0.15) is 71.8 Å². The maximum Gasteiger partial charge on any atom is 0.394 e. The molecule has 0 radical (unpaired) electrons. The number of rotatable bonds is 14. The number of alkyl halides is 3. The van der Waals surface area contributed by atoms with Crippen molar-refractivity contribution in [1.82, 2.24) is 29.8 Å². The summed E-state index contributed by atoms with van der Waals surface area (Å²) >= 11 is 6.23. The molecule has 4 heterocycles. The molecule has 3 aromatic rings. The van der Waals surface area contributed by atoms with Crippen LogP contribution in [0, 0.1) is 11.3 Å². The van der Waals surface area contributed by atoms with Crippen molar-refractivity contribution in [2.45, 2.75) is 75.5 Å². The van der Waals surface area contributed by atoms with Crippen molar-refractivity contribution >= 4 is 33.3 Å². The summed E-state index contributed by atoms with van der Waals surface area (Å²) in [5, 5.41) is 10.1. The molecule has 250 valence electrons. The van der Waals surface area contributed by atoms with E-state index in [4.69, 9.17) is 19.1 Å². The van der Waals surface area contributed by atoms with Crippen molar-refractivity contribution in [1.29, 1.82) is 0 Å². The monoisotopic (exact) mass is 685 g/mol. The molecule has 16 heteroatoms. The second-order valence-corrected chi connectivity index (χ2v) is 14.1. The van der Waals surface area contributed by atoms with E-state index in [-0.39, 0.29) is 52.4 Å². The van der Waals surface area contributed by atoms with E-state index in [0.29, 0.717) is 18.3 Å². The second kappa shape index (κ2) is 13.4. The zero-order valence-electron chi connectivity index (χ0n) is 27.3. The molecule has 3 aromatic heterocycles. The van der Waals surface area contributed by atoms with Crippen molar-refractivity contribution < 1.29 is 33.9 Å². The first-order valence-corrected chi connectivity index (χ1v) is 16.7. The Hall–Kier alpha value is -3.43. The number of amides is 1. The molecule has 1 saturated carbocycles. The van der Waals surface area contributed by atoms with Gasteiger partial charge in [-0.2, -0.15) is 21.6 Å². The van der Waals surface area contributed by atoms with Crippen LogP contribution in [0.5, 0.6) is 5.88 Å². The Morgan fingerprint density at radius 3 is 2.65 bits per heavy atom. The fourth-order valence-corrected chi connectivity index (χ4v) is 6.53. The van der Waals surface area contributed by atoms with Crippen molar-refractivity contribution in [2.75, 3.05) is 25.0 Å². The van der Waals surface area contributed by atoms with Crippen molar-refractivity contribution in [3.8, 4) is 11.7 Å². The van der Waals surface area contributed by atoms with Gasteiger partial charge in [-0.05, 0) is 95.5 Å². The average Bonchev–Trinajstić information content (AvgIpc) is 3.61. The first-order chi connectivity index (χ1) is 22.4. The number of hydrogen-bond acceptors (Lipinski definition) is 9. The zero-order valence-corrected chi connectivity index (χ0v) is 26.9. The van der Waals surface area contributed by atoms with Gasteiger partial charge in [0.1, 0.15) is 11.0 Å². The lowest BCUT2D eigenvalue weighted by molar-refractivity contribution is -0.189. The Labute approximate surface area is 273 Å². The fourth-order valence-electron chi connectivity index (χ4n) is 5.36. The van der Waals surface area contributed by atoms with E-state index < -0.39 is 40.3 Å². The van der Waals surface area contributed by atoms with Crippen LogP contribution in [0.25, 0.3) is 5.82 Å². The Morgan fingerprint density at radius 2 is 1.98 bits per heavy atom. The molecule has 0 spiro atoms. The summed E-state index contributed by atoms with van der Waals surface area (Å²) in [5.74, 6) is 0.0487. The zero-order chi connectivity index (χ0) is 35.0. The second-order valence-electron chi connectivity index (χ2n) is 12.2. The molecule has 1 aliphatic carbocycles. The summed E-state index contributed by atoms with van der Waals surface area (Å²) in [6.45, 7) is 5.61. The van der Waals surface area contributed by atoms with Crippen LogP contribution in [-0.2, 0) is 10.0 Å². The summed E-state index contributed by atoms with van der Waals surface area (Å²) < 4.78 is 90.5. The van der Waals surface area contributed by atoms with E-state index >= 15 is 0 Å². The molecule has 2 aliphatic rings. The van der Waals surface area contributed by atoms with Gasteiger partial charge in [0.2, 0.25) is 5.88 Å². The van der Waals surface area contributed by atoms with Gasteiger partial charge >= 0.3 is 6.18 Å². The average molecular weight is 686 g/mol. The predicted octanol–water partition coefficient (Wildman–Crippen LogP) is 5.52. The number of nitrogens with zero attached hydrogens (tertiary/aromatic N) is 4. The summed E-state index contributed by atoms with van der Waals surface area (Å²) in [4.78, 5) is 21.2. The van der Waals surface area contributed by atoms with E-state index in [9.17, 15) is 26.4 Å². The number of pyridine rings is 2. The summed E-state index contributed by atoms with van der Waals surface area (Å²) in [7, 11) is -4.36. The Balaban J connectivity index is 1.14. The maximum atomic E-state index is 13.3. The molecule has 1 atom stereocenters. The molecule has 1 unspecified atom stereocenters. The van der Waals surface area contributed by atoms with E-state index in [1.54, 1.807) is 6.07 Å². The quantitative estimate of drug-likeness (QED) is 0.148. The number of carbonyl (C=O) groups is 1. The largest absolute Gasteiger partial charge is 0.477 e. The molecular formula is C30H37ClF3N7O4S. The molecule has 0 aromatic carbocycles. The summed E-state index contributed by atoms with van der Waals surface area (Å²) in [6.07, 6.45) is -3.71. The molecule has 2 fully saturated rings. The van der Waals surface area contributed by atoms with E-state index in [1.807, 2.05) is 4.72 Å². The number of aromatic nitrogens is 4. The molecule has 11 nitrogen and oxygen atoms in total. The van der Waals surface area contributed by atoms with E-state index in [2.05, 4.69) is 39.5 Å². The molecular weight excluding hydrogens is 647 g/mol. The van der Waals surface area contributed by atoms with Crippen LogP contribution < -0.4 is 20.1 Å². The number of ether oxygens (including phenoxy) is 1. The minimum atomic E-state index is -4.64. The summed E-state index contributed by atoms with van der Waals surface area (Å²) in [6, 6.07) is 8.44. The van der Waals surface area contributed by atoms with Crippen LogP contribution >= 0.6 is 11.6 Å². The number of hydrogen-bond donors (Lipinski definition) is 3.